The molecule has 0 atom stereocenters. The molecule has 2 rings (SSSR count). The monoisotopic (exact) mass is 323 g/mol. The topological polar surface area (TPSA) is 51.0 Å². The molecule has 1 heterocycles. The number of hydrogen-bond acceptors (Lipinski definition) is 4. The maximum atomic E-state index is 5.70. The molecule has 102 valence electrons. The van der Waals surface area contributed by atoms with E-state index in [-0.39, 0.29) is 0 Å². The zero-order valence-corrected chi connectivity index (χ0v) is 13.0. The van der Waals surface area contributed by atoms with Gasteiger partial charge in [0.15, 0.2) is 0 Å². The van der Waals surface area contributed by atoms with E-state index in [0.717, 1.165) is 28.6 Å². The van der Waals surface area contributed by atoms with Gasteiger partial charge in [-0.1, -0.05) is 26.0 Å². The summed E-state index contributed by atoms with van der Waals surface area (Å²) in [6, 6.07) is 6.46. The summed E-state index contributed by atoms with van der Waals surface area (Å²) in [4.78, 5) is 0. The van der Waals surface area contributed by atoms with Crippen LogP contribution in [0.15, 0.2) is 27.1 Å². The maximum absolute atomic E-state index is 5.70. The summed E-state index contributed by atoms with van der Waals surface area (Å²) in [5, 5.41) is 11.5. The fourth-order valence-electron chi connectivity index (χ4n) is 1.74. The predicted octanol–water partition coefficient (Wildman–Crippen LogP) is 3.35. The number of benzene rings is 1. The van der Waals surface area contributed by atoms with E-state index < -0.39 is 0 Å². The van der Waals surface area contributed by atoms with E-state index >= 15 is 0 Å². The number of aromatic nitrogens is 2. The Morgan fingerprint density at radius 3 is 2.84 bits per heavy atom. The standard InChI is InChI=1S/C14H18BrN3O/c1-9(2)16-8-7-12-17-18-14(19-12)11-6-4-5-10(3)13(11)15/h4-6,9,16H,7-8H2,1-3H3. The van der Waals surface area contributed by atoms with Crippen LogP contribution >= 0.6 is 15.9 Å². The van der Waals surface area contributed by atoms with Crippen LogP contribution in [0.1, 0.15) is 25.3 Å². The molecule has 0 fully saturated rings. The second kappa shape index (κ2) is 6.30. The van der Waals surface area contributed by atoms with Gasteiger partial charge in [0.2, 0.25) is 11.8 Å². The van der Waals surface area contributed by atoms with Crippen LogP contribution in [-0.2, 0) is 6.42 Å². The Hall–Kier alpha value is -1.20. The molecular weight excluding hydrogens is 306 g/mol. The van der Waals surface area contributed by atoms with E-state index in [0.29, 0.717) is 17.8 Å². The highest BCUT2D eigenvalue weighted by Gasteiger charge is 2.12. The first-order valence-corrected chi connectivity index (χ1v) is 7.18. The molecule has 0 radical (unpaired) electrons. The number of halogens is 1. The van der Waals surface area contributed by atoms with Crippen LogP contribution in [-0.4, -0.2) is 22.8 Å². The second-order valence-corrected chi connectivity index (χ2v) is 5.59. The van der Waals surface area contributed by atoms with Crippen molar-refractivity contribution in [1.29, 1.82) is 0 Å². The van der Waals surface area contributed by atoms with Crippen molar-refractivity contribution in [2.45, 2.75) is 33.2 Å². The fraction of sp³-hybridized carbons (Fsp3) is 0.429. The van der Waals surface area contributed by atoms with Crippen LogP contribution < -0.4 is 5.32 Å². The summed E-state index contributed by atoms with van der Waals surface area (Å²) >= 11 is 3.56. The molecule has 0 aliphatic carbocycles. The Morgan fingerprint density at radius 1 is 1.32 bits per heavy atom. The quantitative estimate of drug-likeness (QED) is 0.916. The van der Waals surface area contributed by atoms with Crippen molar-refractivity contribution < 1.29 is 4.42 Å². The minimum atomic E-state index is 0.466. The lowest BCUT2D eigenvalue weighted by Crippen LogP contribution is -2.25. The smallest absolute Gasteiger partial charge is 0.248 e. The summed E-state index contributed by atoms with van der Waals surface area (Å²) in [5.74, 6) is 1.23. The Morgan fingerprint density at radius 2 is 2.11 bits per heavy atom. The Bertz CT molecular complexity index is 551. The number of hydrogen-bond donors (Lipinski definition) is 1. The van der Waals surface area contributed by atoms with Crippen molar-refractivity contribution in [1.82, 2.24) is 15.5 Å². The third kappa shape index (κ3) is 3.64. The molecule has 2 aromatic rings. The molecule has 5 heteroatoms. The molecule has 0 aliphatic heterocycles. The zero-order valence-electron chi connectivity index (χ0n) is 11.4. The molecule has 0 amide bonds. The Balaban J connectivity index is 2.10. The van der Waals surface area contributed by atoms with E-state index in [1.165, 1.54) is 0 Å². The van der Waals surface area contributed by atoms with Gasteiger partial charge in [-0.15, -0.1) is 10.2 Å². The largest absolute Gasteiger partial charge is 0.421 e. The SMILES string of the molecule is Cc1cccc(-c2nnc(CCNC(C)C)o2)c1Br. The van der Waals surface area contributed by atoms with E-state index in [1.807, 2.05) is 25.1 Å². The number of aryl methyl sites for hydroxylation is 1. The van der Waals surface area contributed by atoms with Crippen LogP contribution in [0.2, 0.25) is 0 Å². The first-order chi connectivity index (χ1) is 9.08. The number of nitrogens with one attached hydrogen (secondary N) is 1. The van der Waals surface area contributed by atoms with Gasteiger partial charge in [0.1, 0.15) is 0 Å². The van der Waals surface area contributed by atoms with Crippen LogP contribution in [0.25, 0.3) is 11.5 Å². The summed E-state index contributed by atoms with van der Waals surface area (Å²) < 4.78 is 6.70. The summed E-state index contributed by atoms with van der Waals surface area (Å²) in [6.07, 6.45) is 0.745. The highest BCUT2D eigenvalue weighted by molar-refractivity contribution is 9.10. The van der Waals surface area contributed by atoms with E-state index in [9.17, 15) is 0 Å². The molecule has 0 saturated carbocycles. The molecule has 0 unspecified atom stereocenters. The molecule has 4 nitrogen and oxygen atoms in total. The van der Waals surface area contributed by atoms with E-state index in [2.05, 4.69) is 45.3 Å². The van der Waals surface area contributed by atoms with Crippen LogP contribution in [0.3, 0.4) is 0 Å². The van der Waals surface area contributed by atoms with Gasteiger partial charge in [-0.3, -0.25) is 0 Å². The summed E-state index contributed by atoms with van der Waals surface area (Å²) in [5.41, 5.74) is 2.09. The van der Waals surface area contributed by atoms with Gasteiger partial charge in [0.25, 0.3) is 0 Å². The lowest BCUT2D eigenvalue weighted by molar-refractivity contribution is 0.484. The summed E-state index contributed by atoms with van der Waals surface area (Å²) in [7, 11) is 0. The fourth-order valence-corrected chi connectivity index (χ4v) is 2.18. The lowest BCUT2D eigenvalue weighted by atomic mass is 10.1. The molecule has 0 aliphatic rings. The Kier molecular flexibility index (Phi) is 4.71. The third-order valence-electron chi connectivity index (χ3n) is 2.78. The van der Waals surface area contributed by atoms with Gasteiger partial charge in [0.05, 0.1) is 5.56 Å². The third-order valence-corrected chi connectivity index (χ3v) is 3.83. The van der Waals surface area contributed by atoms with Crippen molar-refractivity contribution in [2.24, 2.45) is 0 Å². The number of rotatable bonds is 5. The molecule has 0 spiro atoms. The van der Waals surface area contributed by atoms with Crippen molar-refractivity contribution in [3.8, 4) is 11.5 Å². The van der Waals surface area contributed by atoms with Gasteiger partial charge in [-0.05, 0) is 34.5 Å². The molecule has 19 heavy (non-hydrogen) atoms. The second-order valence-electron chi connectivity index (χ2n) is 4.80. The van der Waals surface area contributed by atoms with Gasteiger partial charge >= 0.3 is 0 Å². The average molecular weight is 324 g/mol. The normalized spacial score (nSPS) is 11.2. The van der Waals surface area contributed by atoms with Crippen molar-refractivity contribution in [2.75, 3.05) is 6.54 Å². The molecule has 1 aromatic carbocycles. The minimum Gasteiger partial charge on any atom is -0.421 e. The first-order valence-electron chi connectivity index (χ1n) is 6.39. The van der Waals surface area contributed by atoms with Gasteiger partial charge in [-0.2, -0.15) is 0 Å². The van der Waals surface area contributed by atoms with E-state index in [1.54, 1.807) is 0 Å². The predicted molar refractivity (Wildman–Crippen MR) is 79.0 cm³/mol. The van der Waals surface area contributed by atoms with Crippen LogP contribution in [0.5, 0.6) is 0 Å². The van der Waals surface area contributed by atoms with Crippen molar-refractivity contribution in [3.05, 3.63) is 34.1 Å². The number of nitrogens with zero attached hydrogens (tertiary/aromatic N) is 2. The minimum absolute atomic E-state index is 0.466. The van der Waals surface area contributed by atoms with Crippen molar-refractivity contribution >= 4 is 15.9 Å². The van der Waals surface area contributed by atoms with Crippen LogP contribution in [0.4, 0.5) is 0 Å². The molecular formula is C14H18BrN3O. The first kappa shape index (κ1) is 14.2. The molecule has 1 aromatic heterocycles. The van der Waals surface area contributed by atoms with Gasteiger partial charge < -0.3 is 9.73 Å². The van der Waals surface area contributed by atoms with Gasteiger partial charge in [-0.25, -0.2) is 0 Å². The van der Waals surface area contributed by atoms with E-state index in [4.69, 9.17) is 4.42 Å². The zero-order chi connectivity index (χ0) is 13.8. The molecule has 0 bridgehead atoms. The maximum Gasteiger partial charge on any atom is 0.248 e. The molecule has 0 saturated heterocycles. The molecule has 1 N–H and O–H groups in total. The summed E-state index contributed by atoms with van der Waals surface area (Å²) in [6.45, 7) is 7.11. The van der Waals surface area contributed by atoms with Crippen LogP contribution in [0, 0.1) is 6.92 Å². The Labute approximate surface area is 121 Å². The highest BCUT2D eigenvalue weighted by Crippen LogP contribution is 2.29. The average Bonchev–Trinajstić information content (AvgIpc) is 2.81. The van der Waals surface area contributed by atoms with Gasteiger partial charge in [0, 0.05) is 23.5 Å². The lowest BCUT2D eigenvalue weighted by Gasteiger charge is -2.05. The van der Waals surface area contributed by atoms with Crippen molar-refractivity contribution in [3.63, 3.8) is 0 Å². The highest BCUT2D eigenvalue weighted by atomic mass is 79.9.